The lowest BCUT2D eigenvalue weighted by Gasteiger charge is -2.44. The smallest absolute Gasteiger partial charge is 0.481 e. The van der Waals surface area contributed by atoms with Gasteiger partial charge in [0, 0.05) is 25.6 Å². The first-order valence-electron chi connectivity index (χ1n) is 16.8. The Hall–Kier alpha value is -3.99. The normalized spacial score (nSPS) is 29.5. The van der Waals surface area contributed by atoms with Crippen LogP contribution in [0.2, 0.25) is 0 Å². The number of aromatic amines is 1. The molecule has 3 unspecified atom stereocenters. The number of nitrogens with one attached hydrogen (secondary N) is 4. The van der Waals surface area contributed by atoms with E-state index in [1.54, 1.807) is 0 Å². The number of nitrogens with zero attached hydrogens (tertiary/aromatic N) is 1. The van der Waals surface area contributed by atoms with E-state index in [0.717, 1.165) is 33.0 Å². The van der Waals surface area contributed by atoms with Crippen molar-refractivity contribution < 1.29 is 101 Å². The van der Waals surface area contributed by atoms with Gasteiger partial charge in [0.1, 0.15) is 60.9 Å². The molecule has 28 nitrogen and oxygen atoms in total. The van der Waals surface area contributed by atoms with Crippen LogP contribution in [0, 0.1) is 0 Å². The summed E-state index contributed by atoms with van der Waals surface area (Å²) in [6.45, 7) is 0.948. The molecular weight excluding hydrogens is 836 g/mol. The molecule has 328 valence electrons. The van der Waals surface area contributed by atoms with Crippen molar-refractivity contribution in [3.05, 3.63) is 33.1 Å². The van der Waals surface area contributed by atoms with E-state index in [0.29, 0.717) is 4.57 Å². The minimum absolute atomic E-state index is 0.483. The fourth-order valence-electron chi connectivity index (χ4n) is 5.42. The number of aliphatic carboxylic acids is 2. The Morgan fingerprint density at radius 3 is 2.17 bits per heavy atom. The molecule has 0 aromatic carbocycles. The first kappa shape index (κ1) is 48.4. The van der Waals surface area contributed by atoms with Crippen molar-refractivity contribution in [3.8, 4) is 0 Å². The molecule has 3 rings (SSSR count). The van der Waals surface area contributed by atoms with Gasteiger partial charge in [0.2, 0.25) is 17.7 Å². The van der Waals surface area contributed by atoms with Gasteiger partial charge in [-0.1, -0.05) is 0 Å². The van der Waals surface area contributed by atoms with Crippen LogP contribution in [0.25, 0.3) is 0 Å². The molecule has 2 fully saturated rings. The summed E-state index contributed by atoms with van der Waals surface area (Å²) in [6, 6.07) is -4.07. The number of rotatable bonds is 20. The maximum Gasteiger partial charge on any atom is 0.483 e. The van der Waals surface area contributed by atoms with Gasteiger partial charge in [-0.15, -0.1) is 0 Å². The summed E-state index contributed by atoms with van der Waals surface area (Å²) in [6.07, 6.45) is -16.8. The Morgan fingerprint density at radius 2 is 1.60 bits per heavy atom. The number of carbonyl (C=O) groups is 5. The number of phosphoric acid groups is 2. The second-order valence-corrected chi connectivity index (χ2v) is 15.7. The predicted octanol–water partition coefficient (Wildman–Crippen LogP) is -5.30. The lowest BCUT2D eigenvalue weighted by Crippen LogP contribution is -2.66. The number of aliphatic hydroxyl groups is 4. The number of hydrogen-bond donors (Lipinski definition) is 12. The molecule has 0 radical (unpaired) electrons. The molecule has 3 heterocycles. The minimum Gasteiger partial charge on any atom is -0.481 e. The maximum atomic E-state index is 13.0. The predicted molar refractivity (Wildman–Crippen MR) is 183 cm³/mol. The Balaban J connectivity index is 1.71. The van der Waals surface area contributed by atoms with Crippen LogP contribution < -0.4 is 27.2 Å². The standard InChI is InChI=1S/C28H43N5O23P2/c1-10(23(42)31-13(26(44)45)4-5-17(37)38)29-24(43)11(2)52-22-18(30-12(3)35)27(54-14(8-34)20(22)40)55-58(49,50)56-57(47,48)51-9-15-19(39)21(41)25(53-15)33-7-6-16(36)32-28(33)46/h6-7,10-11,13-15,18-22,25,27,34,39-41H,4-5,8-9H2,1-3H3,(H,29,43)(H,30,35)(H,31,42)(H,37,38)(H,44,45)(H,47,48)(H,49,50)(H,32,36,46)/t10-,11+,13+,14+,15+,18+,19+,20+,21+,22+,25+,27?/m0/s1. The highest BCUT2D eigenvalue weighted by molar-refractivity contribution is 7.61. The molecule has 58 heavy (non-hydrogen) atoms. The third-order valence-electron chi connectivity index (χ3n) is 8.28. The summed E-state index contributed by atoms with van der Waals surface area (Å²) in [4.78, 5) is 106. The molecule has 12 N–H and O–H groups in total. The van der Waals surface area contributed by atoms with Crippen LogP contribution in [-0.2, 0) is 60.7 Å². The van der Waals surface area contributed by atoms with E-state index >= 15 is 0 Å². The molecule has 2 aliphatic heterocycles. The maximum absolute atomic E-state index is 13.0. The van der Waals surface area contributed by atoms with E-state index in [4.69, 9.17) is 23.8 Å². The van der Waals surface area contributed by atoms with Gasteiger partial charge in [-0.2, -0.15) is 4.31 Å². The average molecular weight is 880 g/mol. The summed E-state index contributed by atoms with van der Waals surface area (Å²) < 4.78 is 56.5. The first-order valence-corrected chi connectivity index (χ1v) is 19.8. The monoisotopic (exact) mass is 879 g/mol. The van der Waals surface area contributed by atoms with Crippen LogP contribution in [0.4, 0.5) is 0 Å². The SMILES string of the molecule is CC(=O)N[C@H]1C(OP(=O)(O)OP(=O)(O)OC[C@H]2O[C@@H](n3ccc(=O)[nH]c3=O)[C@H](O)[C@@H]2O)O[C@H](CO)[C@@H](O)[C@@H]1O[C@H](C)C(=O)N[C@@H](C)C(=O)N[C@H](CCC(=O)O)C(=O)O. The average Bonchev–Trinajstić information content (AvgIpc) is 3.39. The summed E-state index contributed by atoms with van der Waals surface area (Å²) in [5.41, 5.74) is -1.85. The quantitative estimate of drug-likeness (QED) is 0.0544. The van der Waals surface area contributed by atoms with Crippen molar-refractivity contribution in [2.45, 2.75) is 107 Å². The lowest BCUT2D eigenvalue weighted by molar-refractivity contribution is -0.261. The molecule has 30 heteroatoms. The highest BCUT2D eigenvalue weighted by Crippen LogP contribution is 2.61. The van der Waals surface area contributed by atoms with Gasteiger partial charge in [0.15, 0.2) is 12.5 Å². The zero-order valence-corrected chi connectivity index (χ0v) is 32.2. The molecule has 1 aromatic heterocycles. The van der Waals surface area contributed by atoms with Gasteiger partial charge >= 0.3 is 33.3 Å². The van der Waals surface area contributed by atoms with Crippen LogP contribution >= 0.6 is 15.6 Å². The minimum atomic E-state index is -5.88. The molecule has 0 saturated carbocycles. The summed E-state index contributed by atoms with van der Waals surface area (Å²) in [5, 5.41) is 66.0. The lowest BCUT2D eigenvalue weighted by atomic mass is 9.96. The van der Waals surface area contributed by atoms with Crippen molar-refractivity contribution in [1.29, 1.82) is 0 Å². The van der Waals surface area contributed by atoms with E-state index < -0.39 is 156 Å². The van der Waals surface area contributed by atoms with Gasteiger partial charge in [-0.05, 0) is 20.3 Å². The van der Waals surface area contributed by atoms with E-state index in [1.165, 1.54) is 0 Å². The molecule has 0 aliphatic carbocycles. The van der Waals surface area contributed by atoms with Crippen LogP contribution in [0.15, 0.2) is 21.9 Å². The number of carboxylic acids is 2. The second-order valence-electron chi connectivity index (χ2n) is 12.7. The topological polar surface area (TPSA) is 428 Å². The van der Waals surface area contributed by atoms with Crippen LogP contribution in [0.1, 0.15) is 39.8 Å². The van der Waals surface area contributed by atoms with Crippen molar-refractivity contribution in [2.75, 3.05) is 13.2 Å². The number of amides is 3. The third-order valence-corrected chi connectivity index (χ3v) is 10.9. The fraction of sp³-hybridized carbons (Fsp3) is 0.679. The Kier molecular flexibility index (Phi) is 16.9. The van der Waals surface area contributed by atoms with Gasteiger partial charge < -0.3 is 70.6 Å². The number of ether oxygens (including phenoxy) is 3. The molecule has 2 saturated heterocycles. The largest absolute Gasteiger partial charge is 0.483 e. The van der Waals surface area contributed by atoms with Gasteiger partial charge in [-0.3, -0.25) is 42.6 Å². The Labute approximate surface area is 325 Å². The van der Waals surface area contributed by atoms with Crippen molar-refractivity contribution >= 4 is 45.3 Å². The summed E-state index contributed by atoms with van der Waals surface area (Å²) in [5.74, 6) is -5.94. The summed E-state index contributed by atoms with van der Waals surface area (Å²) >= 11 is 0. The number of hydrogen-bond acceptors (Lipinski definition) is 19. The Bertz CT molecular complexity index is 1880. The van der Waals surface area contributed by atoms with Crippen LogP contribution in [-0.4, -0.2) is 160 Å². The first-order chi connectivity index (χ1) is 26.9. The second kappa shape index (κ2) is 20.3. The van der Waals surface area contributed by atoms with Crippen molar-refractivity contribution in [2.24, 2.45) is 0 Å². The van der Waals surface area contributed by atoms with E-state index in [1.807, 2.05) is 4.98 Å². The zero-order chi connectivity index (χ0) is 43.9. The summed E-state index contributed by atoms with van der Waals surface area (Å²) in [7, 11) is -11.6. The number of carboxylic acid groups (broad SMARTS) is 2. The highest BCUT2D eigenvalue weighted by atomic mass is 31.3. The Morgan fingerprint density at radius 1 is 0.948 bits per heavy atom. The van der Waals surface area contributed by atoms with Gasteiger partial charge in [0.05, 0.1) is 13.2 Å². The number of H-pyrrole nitrogens is 1. The van der Waals surface area contributed by atoms with Crippen LogP contribution in [0.5, 0.6) is 0 Å². The zero-order valence-electron chi connectivity index (χ0n) is 30.5. The highest BCUT2D eigenvalue weighted by Gasteiger charge is 2.52. The van der Waals surface area contributed by atoms with Crippen LogP contribution in [0.3, 0.4) is 0 Å². The van der Waals surface area contributed by atoms with Crippen molar-refractivity contribution in [1.82, 2.24) is 25.5 Å². The molecule has 14 atom stereocenters. The molecule has 1 aromatic rings. The molecule has 2 aliphatic rings. The molecule has 0 spiro atoms. The number of aromatic nitrogens is 2. The third kappa shape index (κ3) is 13.3. The molecule has 0 bridgehead atoms. The van der Waals surface area contributed by atoms with Gasteiger partial charge in [-0.25, -0.2) is 18.7 Å². The van der Waals surface area contributed by atoms with Crippen molar-refractivity contribution in [3.63, 3.8) is 0 Å². The van der Waals surface area contributed by atoms with Gasteiger partial charge in [0.25, 0.3) is 5.56 Å². The van der Waals surface area contributed by atoms with E-state index in [2.05, 4.69) is 24.8 Å². The van der Waals surface area contributed by atoms with E-state index in [9.17, 15) is 78.0 Å². The number of phosphoric ester groups is 2. The fourth-order valence-corrected chi connectivity index (χ4v) is 7.58. The molecular formula is C28H43N5O23P2. The molecule has 3 amide bonds. The number of aliphatic hydroxyl groups excluding tert-OH is 4. The van der Waals surface area contributed by atoms with E-state index in [-0.39, 0.29) is 0 Å². The number of carbonyl (C=O) groups excluding carboxylic acids is 3.